The van der Waals surface area contributed by atoms with Crippen molar-refractivity contribution in [1.82, 2.24) is 9.97 Å². The van der Waals surface area contributed by atoms with Crippen LogP contribution in [0, 0.1) is 5.82 Å². The van der Waals surface area contributed by atoms with Gasteiger partial charge in [-0.1, -0.05) is 0 Å². The maximum absolute atomic E-state index is 13.1. The first kappa shape index (κ1) is 10.2. The van der Waals surface area contributed by atoms with E-state index in [4.69, 9.17) is 4.74 Å². The minimum atomic E-state index is -0.309. The van der Waals surface area contributed by atoms with Crippen molar-refractivity contribution in [2.45, 2.75) is 0 Å². The smallest absolute Gasteiger partial charge is 0.174 e. The van der Waals surface area contributed by atoms with E-state index >= 15 is 0 Å². The highest BCUT2D eigenvalue weighted by Crippen LogP contribution is 2.29. The Morgan fingerprint density at radius 2 is 2.27 bits per heavy atom. The molecule has 2 aromatic rings. The van der Waals surface area contributed by atoms with Crippen LogP contribution in [0.4, 0.5) is 4.39 Å². The second-order valence-electron chi connectivity index (χ2n) is 2.93. The van der Waals surface area contributed by atoms with E-state index < -0.39 is 0 Å². The van der Waals surface area contributed by atoms with E-state index in [0.717, 1.165) is 0 Å². The summed E-state index contributed by atoms with van der Waals surface area (Å²) in [5, 5.41) is 0. The lowest BCUT2D eigenvalue weighted by atomic mass is 10.1. The molecule has 1 aromatic carbocycles. The molecule has 1 heterocycles. The van der Waals surface area contributed by atoms with E-state index in [-0.39, 0.29) is 5.82 Å². The van der Waals surface area contributed by atoms with Gasteiger partial charge in [0.15, 0.2) is 4.73 Å². The molecule has 2 rings (SSSR count). The maximum atomic E-state index is 13.1. The van der Waals surface area contributed by atoms with Gasteiger partial charge in [0.1, 0.15) is 11.6 Å². The highest BCUT2D eigenvalue weighted by Gasteiger charge is 2.09. The highest BCUT2D eigenvalue weighted by atomic mass is 79.9. The van der Waals surface area contributed by atoms with Crippen molar-refractivity contribution in [2.24, 2.45) is 0 Å². The SMILES string of the molecule is COc1ccc(F)cc1-c1cnc(Br)[nH]1. The molecule has 0 aliphatic carbocycles. The van der Waals surface area contributed by atoms with Gasteiger partial charge in [0.25, 0.3) is 0 Å². The monoisotopic (exact) mass is 270 g/mol. The van der Waals surface area contributed by atoms with Crippen LogP contribution in [0.25, 0.3) is 11.3 Å². The number of aromatic amines is 1. The first-order valence-corrected chi connectivity index (χ1v) is 5.04. The molecule has 0 saturated carbocycles. The van der Waals surface area contributed by atoms with Gasteiger partial charge in [0, 0.05) is 5.56 Å². The third kappa shape index (κ3) is 2.02. The summed E-state index contributed by atoms with van der Waals surface area (Å²) in [6.07, 6.45) is 1.61. The Morgan fingerprint density at radius 3 is 2.87 bits per heavy atom. The fourth-order valence-electron chi connectivity index (χ4n) is 1.32. The molecule has 3 nitrogen and oxygen atoms in total. The van der Waals surface area contributed by atoms with Crippen LogP contribution in [-0.2, 0) is 0 Å². The highest BCUT2D eigenvalue weighted by molar-refractivity contribution is 9.10. The molecule has 0 radical (unpaired) electrons. The van der Waals surface area contributed by atoms with E-state index in [0.29, 0.717) is 21.7 Å². The number of methoxy groups -OCH3 is 1. The Balaban J connectivity index is 2.55. The van der Waals surface area contributed by atoms with Crippen LogP contribution in [0.2, 0.25) is 0 Å². The normalized spacial score (nSPS) is 10.3. The lowest BCUT2D eigenvalue weighted by Crippen LogP contribution is -1.89. The molecule has 0 bridgehead atoms. The summed E-state index contributed by atoms with van der Waals surface area (Å²) in [5.74, 6) is 0.295. The molecular weight excluding hydrogens is 263 g/mol. The zero-order valence-electron chi connectivity index (χ0n) is 7.92. The zero-order valence-corrected chi connectivity index (χ0v) is 9.51. The van der Waals surface area contributed by atoms with Crippen LogP contribution in [0.1, 0.15) is 0 Å². The van der Waals surface area contributed by atoms with Gasteiger partial charge >= 0.3 is 0 Å². The van der Waals surface area contributed by atoms with Crippen LogP contribution in [0.3, 0.4) is 0 Å². The number of nitrogens with one attached hydrogen (secondary N) is 1. The van der Waals surface area contributed by atoms with Gasteiger partial charge in [0.05, 0.1) is 19.0 Å². The number of hydrogen-bond donors (Lipinski definition) is 1. The molecule has 1 aromatic heterocycles. The van der Waals surface area contributed by atoms with Gasteiger partial charge in [-0.05, 0) is 34.1 Å². The van der Waals surface area contributed by atoms with Crippen molar-refractivity contribution in [3.05, 3.63) is 34.9 Å². The summed E-state index contributed by atoms with van der Waals surface area (Å²) in [6, 6.07) is 4.34. The molecule has 1 N–H and O–H groups in total. The predicted octanol–water partition coefficient (Wildman–Crippen LogP) is 2.99. The van der Waals surface area contributed by atoms with E-state index in [9.17, 15) is 4.39 Å². The third-order valence-electron chi connectivity index (χ3n) is 2.00. The molecule has 0 fully saturated rings. The van der Waals surface area contributed by atoms with Gasteiger partial charge < -0.3 is 9.72 Å². The number of aromatic nitrogens is 2. The summed E-state index contributed by atoms with van der Waals surface area (Å²) in [4.78, 5) is 6.93. The van der Waals surface area contributed by atoms with Crippen LogP contribution in [0.15, 0.2) is 29.1 Å². The topological polar surface area (TPSA) is 37.9 Å². The Morgan fingerprint density at radius 1 is 1.47 bits per heavy atom. The van der Waals surface area contributed by atoms with Crippen molar-refractivity contribution in [2.75, 3.05) is 7.11 Å². The van der Waals surface area contributed by atoms with Crippen molar-refractivity contribution < 1.29 is 9.13 Å². The minimum absolute atomic E-state index is 0.309. The predicted molar refractivity (Wildman–Crippen MR) is 58.2 cm³/mol. The molecule has 5 heteroatoms. The van der Waals surface area contributed by atoms with Crippen molar-refractivity contribution >= 4 is 15.9 Å². The first-order valence-electron chi connectivity index (χ1n) is 4.25. The van der Waals surface area contributed by atoms with E-state index in [1.54, 1.807) is 19.4 Å². The number of hydrogen-bond acceptors (Lipinski definition) is 2. The molecular formula is C10H8BrFN2O. The number of ether oxygens (including phenoxy) is 1. The summed E-state index contributed by atoms with van der Waals surface area (Å²) in [5.41, 5.74) is 1.36. The summed E-state index contributed by atoms with van der Waals surface area (Å²) in [7, 11) is 1.54. The zero-order chi connectivity index (χ0) is 10.8. The number of imidazole rings is 1. The van der Waals surface area contributed by atoms with Gasteiger partial charge in [-0.3, -0.25) is 0 Å². The second kappa shape index (κ2) is 4.02. The molecule has 0 amide bonds. The average molecular weight is 271 g/mol. The summed E-state index contributed by atoms with van der Waals surface area (Å²) >= 11 is 3.19. The first-order chi connectivity index (χ1) is 7.20. The number of H-pyrrole nitrogens is 1. The largest absolute Gasteiger partial charge is 0.496 e. The second-order valence-corrected chi connectivity index (χ2v) is 3.68. The number of rotatable bonds is 2. The molecule has 0 atom stereocenters. The maximum Gasteiger partial charge on any atom is 0.174 e. The minimum Gasteiger partial charge on any atom is -0.496 e. The van der Waals surface area contributed by atoms with Gasteiger partial charge in [-0.25, -0.2) is 9.37 Å². The van der Waals surface area contributed by atoms with E-state index in [1.807, 2.05) is 0 Å². The van der Waals surface area contributed by atoms with Crippen LogP contribution >= 0.6 is 15.9 Å². The number of nitrogens with zero attached hydrogens (tertiary/aromatic N) is 1. The fraction of sp³-hybridized carbons (Fsp3) is 0.100. The molecule has 0 saturated heterocycles. The number of halogens is 2. The fourth-order valence-corrected chi connectivity index (χ4v) is 1.64. The molecule has 0 unspecified atom stereocenters. The van der Waals surface area contributed by atoms with Gasteiger partial charge in [-0.15, -0.1) is 0 Å². The lowest BCUT2D eigenvalue weighted by Gasteiger charge is -2.05. The van der Waals surface area contributed by atoms with Crippen molar-refractivity contribution in [1.29, 1.82) is 0 Å². The molecule has 0 aliphatic heterocycles. The van der Waals surface area contributed by atoms with Crippen molar-refractivity contribution in [3.8, 4) is 17.0 Å². The molecule has 78 valence electrons. The quantitative estimate of drug-likeness (QED) is 0.911. The van der Waals surface area contributed by atoms with Crippen LogP contribution in [0.5, 0.6) is 5.75 Å². The van der Waals surface area contributed by atoms with Crippen LogP contribution in [-0.4, -0.2) is 17.1 Å². The molecule has 0 aliphatic rings. The van der Waals surface area contributed by atoms with E-state index in [2.05, 4.69) is 25.9 Å². The van der Waals surface area contributed by atoms with Gasteiger partial charge in [0.2, 0.25) is 0 Å². The Hall–Kier alpha value is -1.36. The number of benzene rings is 1. The van der Waals surface area contributed by atoms with E-state index in [1.165, 1.54) is 12.1 Å². The summed E-state index contributed by atoms with van der Waals surface area (Å²) in [6.45, 7) is 0. The lowest BCUT2D eigenvalue weighted by molar-refractivity contribution is 0.415. The molecule has 0 spiro atoms. The summed E-state index contributed by atoms with van der Waals surface area (Å²) < 4.78 is 18.8. The third-order valence-corrected chi connectivity index (χ3v) is 2.40. The Kier molecular flexibility index (Phi) is 2.73. The average Bonchev–Trinajstić information content (AvgIpc) is 2.65. The Labute approximate surface area is 94.4 Å². The van der Waals surface area contributed by atoms with Crippen molar-refractivity contribution in [3.63, 3.8) is 0 Å². The Bertz CT molecular complexity index is 484. The molecule has 15 heavy (non-hydrogen) atoms. The van der Waals surface area contributed by atoms with Gasteiger partial charge in [-0.2, -0.15) is 0 Å². The van der Waals surface area contributed by atoms with Crippen LogP contribution < -0.4 is 4.74 Å². The standard InChI is InChI=1S/C10H8BrFN2O/c1-15-9-3-2-6(12)4-7(9)8-5-13-10(11)14-8/h2-5H,1H3,(H,13,14).